The molecule has 0 fully saturated rings. The lowest BCUT2D eigenvalue weighted by atomic mass is 9.92. The molecule has 0 spiro atoms. The molecule has 0 amide bonds. The number of pyridine rings is 1. The SMILES string of the molecule is CNc1cc(C(C)(C)C)nc(-c2cn3ccccc3n2)n1. The van der Waals surface area contributed by atoms with E-state index in [9.17, 15) is 0 Å². The van der Waals surface area contributed by atoms with Crippen LogP contribution in [0.4, 0.5) is 5.82 Å². The van der Waals surface area contributed by atoms with E-state index in [1.54, 1.807) is 0 Å². The predicted octanol–water partition coefficient (Wildman–Crippen LogP) is 3.13. The van der Waals surface area contributed by atoms with Gasteiger partial charge in [0.25, 0.3) is 0 Å². The van der Waals surface area contributed by atoms with Gasteiger partial charge >= 0.3 is 0 Å². The second-order valence-corrected chi connectivity index (χ2v) is 6.05. The van der Waals surface area contributed by atoms with Crippen molar-refractivity contribution in [1.82, 2.24) is 19.4 Å². The third kappa shape index (κ3) is 2.59. The molecule has 5 nitrogen and oxygen atoms in total. The molecule has 0 saturated carbocycles. The van der Waals surface area contributed by atoms with Crippen molar-refractivity contribution in [1.29, 1.82) is 0 Å². The fourth-order valence-corrected chi connectivity index (χ4v) is 2.12. The van der Waals surface area contributed by atoms with Crippen LogP contribution in [0.2, 0.25) is 0 Å². The van der Waals surface area contributed by atoms with Crippen molar-refractivity contribution in [2.24, 2.45) is 0 Å². The molecule has 1 N–H and O–H groups in total. The Labute approximate surface area is 124 Å². The van der Waals surface area contributed by atoms with E-state index in [-0.39, 0.29) is 5.41 Å². The Morgan fingerprint density at radius 1 is 1.10 bits per heavy atom. The summed E-state index contributed by atoms with van der Waals surface area (Å²) in [6.07, 6.45) is 3.93. The highest BCUT2D eigenvalue weighted by Gasteiger charge is 2.19. The van der Waals surface area contributed by atoms with Gasteiger partial charge < -0.3 is 9.72 Å². The van der Waals surface area contributed by atoms with Gasteiger partial charge in [0.15, 0.2) is 5.82 Å². The van der Waals surface area contributed by atoms with Crippen LogP contribution in [-0.4, -0.2) is 26.4 Å². The summed E-state index contributed by atoms with van der Waals surface area (Å²) in [5.41, 5.74) is 2.63. The van der Waals surface area contributed by atoms with Crippen LogP contribution < -0.4 is 5.32 Å². The quantitative estimate of drug-likeness (QED) is 0.784. The van der Waals surface area contributed by atoms with Gasteiger partial charge in [-0.05, 0) is 12.1 Å². The molecule has 5 heteroatoms. The van der Waals surface area contributed by atoms with Gasteiger partial charge in [0.05, 0.1) is 5.69 Å². The van der Waals surface area contributed by atoms with Crippen LogP contribution in [0.15, 0.2) is 36.7 Å². The lowest BCUT2D eigenvalue weighted by Crippen LogP contribution is -2.15. The zero-order valence-corrected chi connectivity index (χ0v) is 12.8. The van der Waals surface area contributed by atoms with Gasteiger partial charge in [-0.3, -0.25) is 0 Å². The maximum Gasteiger partial charge on any atom is 0.182 e. The summed E-state index contributed by atoms with van der Waals surface area (Å²) >= 11 is 0. The maximum absolute atomic E-state index is 4.69. The summed E-state index contributed by atoms with van der Waals surface area (Å²) in [7, 11) is 1.86. The average Bonchev–Trinajstić information content (AvgIpc) is 2.89. The predicted molar refractivity (Wildman–Crippen MR) is 84.5 cm³/mol. The van der Waals surface area contributed by atoms with E-state index in [1.807, 2.05) is 48.1 Å². The summed E-state index contributed by atoms with van der Waals surface area (Å²) in [5, 5.41) is 3.10. The number of fused-ring (bicyclic) bond motifs is 1. The molecule has 0 bridgehead atoms. The minimum absolute atomic E-state index is 0.0392. The Morgan fingerprint density at radius 2 is 1.90 bits per heavy atom. The van der Waals surface area contributed by atoms with Crippen LogP contribution in [0, 0.1) is 0 Å². The summed E-state index contributed by atoms with van der Waals surface area (Å²) in [5.74, 6) is 1.46. The number of anilines is 1. The Bertz CT molecular complexity index is 750. The second-order valence-electron chi connectivity index (χ2n) is 6.05. The Morgan fingerprint density at radius 3 is 2.57 bits per heavy atom. The molecule has 3 rings (SSSR count). The molecule has 0 saturated heterocycles. The number of hydrogen-bond donors (Lipinski definition) is 1. The molecule has 3 aromatic heterocycles. The third-order valence-electron chi connectivity index (χ3n) is 3.34. The molecule has 0 radical (unpaired) electrons. The van der Waals surface area contributed by atoms with Crippen LogP contribution in [0.5, 0.6) is 0 Å². The number of rotatable bonds is 2. The van der Waals surface area contributed by atoms with Gasteiger partial charge in [-0.15, -0.1) is 0 Å². The second kappa shape index (κ2) is 4.84. The molecule has 0 aliphatic carbocycles. The molecule has 21 heavy (non-hydrogen) atoms. The molecule has 0 atom stereocenters. The van der Waals surface area contributed by atoms with Crippen LogP contribution in [0.1, 0.15) is 26.5 Å². The molecule has 0 aliphatic heterocycles. The van der Waals surface area contributed by atoms with E-state index in [2.05, 4.69) is 36.1 Å². The van der Waals surface area contributed by atoms with Crippen molar-refractivity contribution >= 4 is 11.5 Å². The zero-order valence-electron chi connectivity index (χ0n) is 12.8. The fraction of sp³-hybridized carbons (Fsp3) is 0.312. The molecular formula is C16H19N5. The van der Waals surface area contributed by atoms with E-state index in [4.69, 9.17) is 4.98 Å². The summed E-state index contributed by atoms with van der Waals surface area (Å²) in [4.78, 5) is 13.8. The van der Waals surface area contributed by atoms with Gasteiger partial charge in [0.1, 0.15) is 17.2 Å². The summed E-state index contributed by atoms with van der Waals surface area (Å²) in [6, 6.07) is 7.90. The maximum atomic E-state index is 4.69. The number of nitrogens with zero attached hydrogens (tertiary/aromatic N) is 4. The molecule has 108 valence electrons. The number of imidazole rings is 1. The highest BCUT2D eigenvalue weighted by Crippen LogP contribution is 2.25. The smallest absolute Gasteiger partial charge is 0.182 e. The third-order valence-corrected chi connectivity index (χ3v) is 3.34. The standard InChI is InChI=1S/C16H19N5/c1-16(2,3)12-9-13(17-4)20-15(19-12)11-10-21-8-6-5-7-14(21)18-11/h5-10H,1-4H3,(H,17,19,20). The van der Waals surface area contributed by atoms with Crippen molar-refractivity contribution < 1.29 is 0 Å². The Kier molecular flexibility index (Phi) is 3.12. The lowest BCUT2D eigenvalue weighted by molar-refractivity contribution is 0.568. The van der Waals surface area contributed by atoms with Crippen molar-refractivity contribution in [2.45, 2.75) is 26.2 Å². The molecular weight excluding hydrogens is 262 g/mol. The van der Waals surface area contributed by atoms with Crippen LogP contribution in [-0.2, 0) is 5.41 Å². The first-order chi connectivity index (χ1) is 9.97. The van der Waals surface area contributed by atoms with Crippen molar-refractivity contribution in [3.63, 3.8) is 0 Å². The topological polar surface area (TPSA) is 55.1 Å². The molecule has 3 aromatic rings. The van der Waals surface area contributed by atoms with Crippen molar-refractivity contribution in [3.05, 3.63) is 42.4 Å². The molecule has 3 heterocycles. The number of hydrogen-bond acceptors (Lipinski definition) is 4. The van der Waals surface area contributed by atoms with E-state index in [0.29, 0.717) is 5.82 Å². The van der Waals surface area contributed by atoms with Gasteiger partial charge in [0, 0.05) is 30.9 Å². The lowest BCUT2D eigenvalue weighted by Gasteiger charge is -2.18. The Balaban J connectivity index is 2.16. The average molecular weight is 281 g/mol. The highest BCUT2D eigenvalue weighted by molar-refractivity contribution is 5.58. The van der Waals surface area contributed by atoms with Gasteiger partial charge in [0.2, 0.25) is 0 Å². The first-order valence-corrected chi connectivity index (χ1v) is 6.99. The van der Waals surface area contributed by atoms with Gasteiger partial charge in [-0.25, -0.2) is 15.0 Å². The fourth-order valence-electron chi connectivity index (χ4n) is 2.12. The van der Waals surface area contributed by atoms with Gasteiger partial charge in [-0.2, -0.15) is 0 Å². The van der Waals surface area contributed by atoms with Crippen LogP contribution in [0.25, 0.3) is 17.2 Å². The summed E-state index contributed by atoms with van der Waals surface area (Å²) < 4.78 is 1.97. The molecule has 0 unspecified atom stereocenters. The monoisotopic (exact) mass is 281 g/mol. The van der Waals surface area contributed by atoms with E-state index in [0.717, 1.165) is 22.9 Å². The minimum Gasteiger partial charge on any atom is -0.373 e. The van der Waals surface area contributed by atoms with E-state index < -0.39 is 0 Å². The normalized spacial score (nSPS) is 11.8. The largest absolute Gasteiger partial charge is 0.373 e. The van der Waals surface area contributed by atoms with Gasteiger partial charge in [-0.1, -0.05) is 26.8 Å². The number of nitrogens with one attached hydrogen (secondary N) is 1. The minimum atomic E-state index is -0.0392. The van der Waals surface area contributed by atoms with Crippen molar-refractivity contribution in [2.75, 3.05) is 12.4 Å². The highest BCUT2D eigenvalue weighted by atomic mass is 15.1. The zero-order chi connectivity index (χ0) is 15.0. The summed E-state index contributed by atoms with van der Waals surface area (Å²) in [6.45, 7) is 6.42. The van der Waals surface area contributed by atoms with Crippen LogP contribution >= 0.6 is 0 Å². The first kappa shape index (κ1) is 13.5. The molecule has 0 aromatic carbocycles. The van der Waals surface area contributed by atoms with Crippen LogP contribution in [0.3, 0.4) is 0 Å². The Hall–Kier alpha value is -2.43. The molecule has 0 aliphatic rings. The first-order valence-electron chi connectivity index (χ1n) is 6.99. The van der Waals surface area contributed by atoms with E-state index in [1.165, 1.54) is 0 Å². The van der Waals surface area contributed by atoms with E-state index >= 15 is 0 Å². The number of aromatic nitrogens is 4. The van der Waals surface area contributed by atoms with Crippen molar-refractivity contribution in [3.8, 4) is 11.5 Å².